The van der Waals surface area contributed by atoms with E-state index >= 15 is 0 Å². The van der Waals surface area contributed by atoms with Crippen LogP contribution >= 0.6 is 0 Å². The van der Waals surface area contributed by atoms with E-state index in [4.69, 9.17) is 5.73 Å². The van der Waals surface area contributed by atoms with Crippen LogP contribution in [0, 0.1) is 0 Å². The second kappa shape index (κ2) is 11.1. The van der Waals surface area contributed by atoms with Crippen molar-refractivity contribution in [3.05, 3.63) is 35.9 Å². The maximum atomic E-state index is 12.5. The number of rotatable bonds is 11. The minimum Gasteiger partial charge on any atom is -0.368 e. The first kappa shape index (κ1) is 22.3. The maximum Gasteiger partial charge on any atom is 0.289 e. The van der Waals surface area contributed by atoms with E-state index in [-0.39, 0.29) is 6.42 Å². The van der Waals surface area contributed by atoms with Gasteiger partial charge in [-0.2, -0.15) is 0 Å². The molecule has 1 aromatic carbocycles. The van der Waals surface area contributed by atoms with Crippen LogP contribution < -0.4 is 21.7 Å². The molecular weight excluding hydrogens is 348 g/mol. The highest BCUT2D eigenvalue weighted by molar-refractivity contribution is 6.38. The summed E-state index contributed by atoms with van der Waals surface area (Å²) in [6.07, 6.45) is 1.42. The number of primary amides is 1. The molecule has 1 rings (SSSR count). The molecule has 3 unspecified atom stereocenters. The highest BCUT2D eigenvalue weighted by Crippen LogP contribution is 2.05. The molecule has 27 heavy (non-hydrogen) atoms. The number of ketones is 1. The summed E-state index contributed by atoms with van der Waals surface area (Å²) in [7, 11) is 1.61. The van der Waals surface area contributed by atoms with E-state index in [0.29, 0.717) is 6.42 Å². The highest BCUT2D eigenvalue weighted by atomic mass is 16.2. The number of hydrogen-bond acceptors (Lipinski definition) is 5. The molecule has 0 saturated carbocycles. The molecule has 148 valence electrons. The molecule has 8 heteroatoms. The fraction of sp³-hybridized carbons (Fsp3) is 0.474. The number of likely N-dealkylation sites (N-methyl/N-ethyl adjacent to an activating group) is 1. The lowest BCUT2D eigenvalue weighted by atomic mass is 10.0. The average Bonchev–Trinajstić information content (AvgIpc) is 2.65. The summed E-state index contributed by atoms with van der Waals surface area (Å²) in [6.45, 7) is 3.36. The molecule has 0 heterocycles. The van der Waals surface area contributed by atoms with Gasteiger partial charge < -0.3 is 21.7 Å². The van der Waals surface area contributed by atoms with Crippen LogP contribution in [0.1, 0.15) is 32.3 Å². The van der Waals surface area contributed by atoms with E-state index < -0.39 is 41.6 Å². The highest BCUT2D eigenvalue weighted by Gasteiger charge is 2.29. The summed E-state index contributed by atoms with van der Waals surface area (Å²) in [5, 5.41) is 7.76. The van der Waals surface area contributed by atoms with Gasteiger partial charge in [-0.15, -0.1) is 0 Å². The lowest BCUT2D eigenvalue weighted by Crippen LogP contribution is -2.55. The molecule has 5 N–H and O–H groups in total. The Bertz CT molecular complexity index is 663. The normalized spacial score (nSPS) is 13.9. The average molecular weight is 376 g/mol. The molecule has 3 atom stereocenters. The van der Waals surface area contributed by atoms with E-state index in [2.05, 4.69) is 16.0 Å². The predicted molar refractivity (Wildman–Crippen MR) is 102 cm³/mol. The Labute approximate surface area is 159 Å². The van der Waals surface area contributed by atoms with Gasteiger partial charge in [0.05, 0.1) is 6.04 Å². The first-order valence-corrected chi connectivity index (χ1v) is 8.95. The summed E-state index contributed by atoms with van der Waals surface area (Å²) in [5.41, 5.74) is 5.98. The molecule has 0 fully saturated rings. The summed E-state index contributed by atoms with van der Waals surface area (Å²) in [4.78, 5) is 48.4. The van der Waals surface area contributed by atoms with Gasteiger partial charge in [-0.25, -0.2) is 0 Å². The predicted octanol–water partition coefficient (Wildman–Crippen LogP) is -0.339. The minimum absolute atomic E-state index is 0.176. The zero-order valence-electron chi connectivity index (χ0n) is 16.0. The van der Waals surface area contributed by atoms with Gasteiger partial charge in [0.1, 0.15) is 12.1 Å². The van der Waals surface area contributed by atoms with Crippen molar-refractivity contribution >= 4 is 23.5 Å². The van der Waals surface area contributed by atoms with Gasteiger partial charge in [-0.05, 0) is 26.0 Å². The van der Waals surface area contributed by atoms with Crippen molar-refractivity contribution in [2.24, 2.45) is 5.73 Å². The van der Waals surface area contributed by atoms with E-state index in [0.717, 1.165) is 12.0 Å². The van der Waals surface area contributed by atoms with Crippen molar-refractivity contribution in [2.75, 3.05) is 7.05 Å². The van der Waals surface area contributed by atoms with Crippen LogP contribution in [0.25, 0.3) is 0 Å². The van der Waals surface area contributed by atoms with Crippen LogP contribution in [0.15, 0.2) is 30.3 Å². The van der Waals surface area contributed by atoms with Crippen molar-refractivity contribution in [1.29, 1.82) is 0 Å². The molecular formula is C19H28N4O4. The van der Waals surface area contributed by atoms with E-state index in [1.807, 2.05) is 25.1 Å². The van der Waals surface area contributed by atoms with Crippen molar-refractivity contribution in [3.63, 3.8) is 0 Å². The second-order valence-corrected chi connectivity index (χ2v) is 6.34. The quantitative estimate of drug-likeness (QED) is 0.393. The van der Waals surface area contributed by atoms with E-state index in [9.17, 15) is 19.2 Å². The van der Waals surface area contributed by atoms with Crippen LogP contribution in [-0.4, -0.2) is 48.7 Å². The molecule has 0 bridgehead atoms. The topological polar surface area (TPSA) is 130 Å². The van der Waals surface area contributed by atoms with Gasteiger partial charge >= 0.3 is 0 Å². The third-order valence-electron chi connectivity index (χ3n) is 4.16. The monoisotopic (exact) mass is 376 g/mol. The fourth-order valence-electron chi connectivity index (χ4n) is 2.53. The Balaban J connectivity index is 2.92. The van der Waals surface area contributed by atoms with Crippen molar-refractivity contribution in [2.45, 2.75) is 51.2 Å². The van der Waals surface area contributed by atoms with Gasteiger partial charge in [0.2, 0.25) is 17.6 Å². The number of amides is 3. The molecule has 0 aliphatic carbocycles. The van der Waals surface area contributed by atoms with Gasteiger partial charge in [0.15, 0.2) is 0 Å². The van der Waals surface area contributed by atoms with Crippen LogP contribution in [-0.2, 0) is 25.6 Å². The fourth-order valence-corrected chi connectivity index (χ4v) is 2.53. The van der Waals surface area contributed by atoms with E-state index in [1.165, 1.54) is 6.92 Å². The van der Waals surface area contributed by atoms with Gasteiger partial charge in [0, 0.05) is 6.42 Å². The Morgan fingerprint density at radius 3 is 2.19 bits per heavy atom. The smallest absolute Gasteiger partial charge is 0.289 e. The molecule has 3 amide bonds. The first-order valence-electron chi connectivity index (χ1n) is 8.95. The van der Waals surface area contributed by atoms with Crippen molar-refractivity contribution < 1.29 is 19.2 Å². The minimum atomic E-state index is -1.01. The van der Waals surface area contributed by atoms with Gasteiger partial charge in [0.25, 0.3) is 5.91 Å². The number of nitrogens with two attached hydrogens (primary N) is 1. The van der Waals surface area contributed by atoms with Crippen LogP contribution in [0.3, 0.4) is 0 Å². The number of nitrogens with one attached hydrogen (secondary N) is 3. The standard InChI is InChI=1S/C19H28N4O4/c1-4-8-14(21-3)16(24)19(27)23-15(11-13-9-6-5-7-10-13)18(26)22-12(2)17(20)25/h5-7,9-10,12,14-15,21H,4,8,11H2,1-3H3,(H2,20,25)(H,22,26)(H,23,27). The molecule has 8 nitrogen and oxygen atoms in total. The molecule has 0 aliphatic rings. The zero-order chi connectivity index (χ0) is 20.4. The van der Waals surface area contributed by atoms with E-state index in [1.54, 1.807) is 19.2 Å². The summed E-state index contributed by atoms with van der Waals surface area (Å²) < 4.78 is 0. The third kappa shape index (κ3) is 7.18. The Kier molecular flexibility index (Phi) is 9.15. The lowest BCUT2D eigenvalue weighted by Gasteiger charge is -2.21. The number of Topliss-reactive ketones (excluding diaryl/α,β-unsaturated/α-hetero) is 1. The molecule has 0 radical (unpaired) electrons. The van der Waals surface area contributed by atoms with Gasteiger partial charge in [-0.1, -0.05) is 43.7 Å². The first-order chi connectivity index (χ1) is 12.8. The Hall–Kier alpha value is -2.74. The maximum absolute atomic E-state index is 12.5. The van der Waals surface area contributed by atoms with Crippen LogP contribution in [0.4, 0.5) is 0 Å². The summed E-state index contributed by atoms with van der Waals surface area (Å²) in [6, 6.07) is 6.54. The second-order valence-electron chi connectivity index (χ2n) is 6.34. The largest absolute Gasteiger partial charge is 0.368 e. The molecule has 1 aromatic rings. The summed E-state index contributed by atoms with van der Waals surface area (Å²) >= 11 is 0. The molecule has 0 aliphatic heterocycles. The number of hydrogen-bond donors (Lipinski definition) is 4. The van der Waals surface area contributed by atoms with Crippen molar-refractivity contribution in [1.82, 2.24) is 16.0 Å². The SMILES string of the molecule is CCCC(NC)C(=O)C(=O)NC(Cc1ccccc1)C(=O)NC(C)C(N)=O. The molecule has 0 aromatic heterocycles. The number of benzene rings is 1. The number of carbonyl (C=O) groups is 4. The van der Waals surface area contributed by atoms with Gasteiger partial charge in [-0.3, -0.25) is 19.2 Å². The Morgan fingerprint density at radius 1 is 1.04 bits per heavy atom. The summed E-state index contributed by atoms with van der Waals surface area (Å²) in [5.74, 6) is -2.75. The molecule has 0 saturated heterocycles. The van der Waals surface area contributed by atoms with Crippen LogP contribution in [0.2, 0.25) is 0 Å². The number of carbonyl (C=O) groups excluding carboxylic acids is 4. The molecule has 0 spiro atoms. The lowest BCUT2D eigenvalue weighted by molar-refractivity contribution is -0.140. The Morgan fingerprint density at radius 2 is 1.67 bits per heavy atom. The van der Waals surface area contributed by atoms with Crippen molar-refractivity contribution in [3.8, 4) is 0 Å². The zero-order valence-corrected chi connectivity index (χ0v) is 16.0. The van der Waals surface area contributed by atoms with Crippen LogP contribution in [0.5, 0.6) is 0 Å². The third-order valence-corrected chi connectivity index (χ3v) is 4.16.